The summed E-state index contributed by atoms with van der Waals surface area (Å²) in [6.45, 7) is 11.4. The van der Waals surface area contributed by atoms with Crippen LogP contribution in [-0.4, -0.2) is 76.6 Å². The molecule has 0 bridgehead atoms. The maximum atomic E-state index is 12.8. The molecule has 0 saturated heterocycles. The molecule has 4 amide bonds. The van der Waals surface area contributed by atoms with Gasteiger partial charge in [-0.3, -0.25) is 19.2 Å². The topological polar surface area (TPSA) is 200 Å². The summed E-state index contributed by atoms with van der Waals surface area (Å²) < 4.78 is 0. The van der Waals surface area contributed by atoms with Gasteiger partial charge in [0, 0.05) is 0 Å². The molecule has 202 valence electrons. The second-order valence-corrected chi connectivity index (χ2v) is 9.65. The molecule has 35 heavy (non-hydrogen) atoms. The minimum absolute atomic E-state index is 0.0298. The monoisotopic (exact) mass is 501 g/mol. The first-order chi connectivity index (χ1) is 16.2. The minimum Gasteiger partial charge on any atom is -0.480 e. The molecule has 0 fully saturated rings. The fourth-order valence-electron chi connectivity index (χ4n) is 3.18. The van der Waals surface area contributed by atoms with E-state index in [0.717, 1.165) is 0 Å². The molecule has 0 aromatic heterocycles. The molecule has 6 atom stereocenters. The number of amides is 4. The van der Waals surface area contributed by atoms with Crippen molar-refractivity contribution < 1.29 is 34.2 Å². The first kappa shape index (κ1) is 32.3. The van der Waals surface area contributed by atoms with Gasteiger partial charge in [0.2, 0.25) is 23.6 Å². The van der Waals surface area contributed by atoms with Crippen molar-refractivity contribution in [2.24, 2.45) is 23.5 Å². The SMILES string of the molecule is CC[C@H](C)[C@H](NC(=O)[C@H](C)NC(=O)[C@H](CC(C)C)NC(=O)[C@@H](N)CO)C(=O)N[C@H](C(=O)O)C(C)C. The number of nitrogens with one attached hydrogen (secondary N) is 4. The van der Waals surface area contributed by atoms with Gasteiger partial charge in [0.1, 0.15) is 30.2 Å². The van der Waals surface area contributed by atoms with Gasteiger partial charge in [-0.05, 0) is 31.1 Å². The number of nitrogens with two attached hydrogens (primary N) is 1. The predicted molar refractivity (Wildman–Crippen MR) is 130 cm³/mol. The van der Waals surface area contributed by atoms with Crippen LogP contribution in [0.3, 0.4) is 0 Å². The minimum atomic E-state index is -1.19. The predicted octanol–water partition coefficient (Wildman–Crippen LogP) is -0.902. The normalized spacial score (nSPS) is 16.4. The van der Waals surface area contributed by atoms with Crippen molar-refractivity contribution in [1.82, 2.24) is 21.3 Å². The van der Waals surface area contributed by atoms with Crippen LogP contribution in [0.4, 0.5) is 0 Å². The van der Waals surface area contributed by atoms with Gasteiger partial charge < -0.3 is 37.2 Å². The molecule has 12 nitrogen and oxygen atoms in total. The summed E-state index contributed by atoms with van der Waals surface area (Å²) in [6, 6.07) is -5.35. The van der Waals surface area contributed by atoms with Crippen LogP contribution in [0.1, 0.15) is 61.3 Å². The fraction of sp³-hybridized carbons (Fsp3) is 0.783. The average molecular weight is 502 g/mol. The van der Waals surface area contributed by atoms with Crippen molar-refractivity contribution >= 4 is 29.6 Å². The van der Waals surface area contributed by atoms with E-state index in [1.807, 2.05) is 20.8 Å². The highest BCUT2D eigenvalue weighted by Gasteiger charge is 2.33. The summed E-state index contributed by atoms with van der Waals surface area (Å²) >= 11 is 0. The van der Waals surface area contributed by atoms with Crippen molar-refractivity contribution in [2.45, 2.75) is 91.5 Å². The summed E-state index contributed by atoms with van der Waals surface area (Å²) in [5.41, 5.74) is 5.51. The van der Waals surface area contributed by atoms with Crippen molar-refractivity contribution in [3.8, 4) is 0 Å². The van der Waals surface area contributed by atoms with Crippen molar-refractivity contribution in [1.29, 1.82) is 0 Å². The number of rotatable bonds is 15. The Morgan fingerprint density at radius 2 is 1.31 bits per heavy atom. The lowest BCUT2D eigenvalue weighted by Gasteiger charge is -2.28. The molecule has 0 aliphatic carbocycles. The number of carbonyl (C=O) groups is 5. The van der Waals surface area contributed by atoms with E-state index in [-0.39, 0.29) is 24.2 Å². The van der Waals surface area contributed by atoms with E-state index in [1.54, 1.807) is 20.8 Å². The highest BCUT2D eigenvalue weighted by molar-refractivity contribution is 5.95. The Morgan fingerprint density at radius 3 is 1.74 bits per heavy atom. The van der Waals surface area contributed by atoms with Crippen LogP contribution >= 0.6 is 0 Å². The molecular formula is C23H43N5O7. The molecule has 0 radical (unpaired) electrons. The van der Waals surface area contributed by atoms with Gasteiger partial charge in [-0.15, -0.1) is 0 Å². The summed E-state index contributed by atoms with van der Waals surface area (Å²) in [6.07, 6.45) is 0.805. The first-order valence-electron chi connectivity index (χ1n) is 12.0. The highest BCUT2D eigenvalue weighted by Crippen LogP contribution is 2.11. The molecule has 0 aliphatic heterocycles. The third-order valence-corrected chi connectivity index (χ3v) is 5.65. The Balaban J connectivity index is 5.42. The van der Waals surface area contributed by atoms with Crippen LogP contribution in [-0.2, 0) is 24.0 Å². The van der Waals surface area contributed by atoms with Gasteiger partial charge in [-0.1, -0.05) is 48.0 Å². The Kier molecular flexibility index (Phi) is 14.1. The lowest BCUT2D eigenvalue weighted by Crippen LogP contribution is -2.59. The van der Waals surface area contributed by atoms with Crippen LogP contribution < -0.4 is 27.0 Å². The number of hydrogen-bond acceptors (Lipinski definition) is 7. The quantitative estimate of drug-likeness (QED) is 0.150. The number of hydrogen-bond donors (Lipinski definition) is 7. The van der Waals surface area contributed by atoms with Gasteiger partial charge in [-0.2, -0.15) is 0 Å². The molecule has 12 heteroatoms. The van der Waals surface area contributed by atoms with Crippen LogP contribution in [0.25, 0.3) is 0 Å². The van der Waals surface area contributed by atoms with Gasteiger partial charge in [0.05, 0.1) is 6.61 Å². The zero-order chi connectivity index (χ0) is 27.5. The summed E-state index contributed by atoms with van der Waals surface area (Å²) in [4.78, 5) is 62.0. The second kappa shape index (κ2) is 15.3. The average Bonchev–Trinajstić information content (AvgIpc) is 2.77. The van der Waals surface area contributed by atoms with E-state index in [1.165, 1.54) is 6.92 Å². The first-order valence-corrected chi connectivity index (χ1v) is 12.0. The molecule has 0 aromatic rings. The van der Waals surface area contributed by atoms with E-state index in [9.17, 15) is 29.1 Å². The lowest BCUT2D eigenvalue weighted by atomic mass is 9.96. The Hall–Kier alpha value is -2.73. The van der Waals surface area contributed by atoms with Crippen LogP contribution in [0.15, 0.2) is 0 Å². The Morgan fingerprint density at radius 1 is 0.771 bits per heavy atom. The molecule has 0 aliphatic rings. The molecule has 0 rings (SSSR count). The summed E-state index contributed by atoms with van der Waals surface area (Å²) in [5, 5.41) is 28.5. The van der Waals surface area contributed by atoms with E-state index in [2.05, 4.69) is 21.3 Å². The van der Waals surface area contributed by atoms with Crippen molar-refractivity contribution in [3.63, 3.8) is 0 Å². The lowest BCUT2D eigenvalue weighted by molar-refractivity contribution is -0.144. The number of carboxylic acids is 1. The van der Waals surface area contributed by atoms with Gasteiger partial charge in [0.15, 0.2) is 0 Å². The van der Waals surface area contributed by atoms with Crippen molar-refractivity contribution in [2.75, 3.05) is 6.61 Å². The third-order valence-electron chi connectivity index (χ3n) is 5.65. The molecule has 8 N–H and O–H groups in total. The van der Waals surface area contributed by atoms with Crippen molar-refractivity contribution in [3.05, 3.63) is 0 Å². The third kappa shape index (κ3) is 11.0. The van der Waals surface area contributed by atoms with E-state index < -0.39 is 66.4 Å². The van der Waals surface area contributed by atoms with Crippen LogP contribution in [0.5, 0.6) is 0 Å². The van der Waals surface area contributed by atoms with Gasteiger partial charge >= 0.3 is 5.97 Å². The second-order valence-electron chi connectivity index (χ2n) is 9.65. The zero-order valence-corrected chi connectivity index (χ0v) is 21.8. The van der Waals surface area contributed by atoms with E-state index in [4.69, 9.17) is 10.8 Å². The Labute approximate surface area is 207 Å². The van der Waals surface area contributed by atoms with Crippen LogP contribution in [0, 0.1) is 17.8 Å². The number of carbonyl (C=O) groups excluding carboxylic acids is 4. The van der Waals surface area contributed by atoms with Gasteiger partial charge in [-0.25, -0.2) is 4.79 Å². The van der Waals surface area contributed by atoms with E-state index >= 15 is 0 Å². The number of aliphatic hydroxyl groups excluding tert-OH is 1. The molecule has 0 aromatic carbocycles. The maximum absolute atomic E-state index is 12.8. The largest absolute Gasteiger partial charge is 0.480 e. The summed E-state index contributed by atoms with van der Waals surface area (Å²) in [7, 11) is 0. The van der Waals surface area contributed by atoms with Gasteiger partial charge in [0.25, 0.3) is 0 Å². The standard InChI is InChI=1S/C23H43N5O7/c1-8-13(6)18(22(33)27-17(12(4)5)23(34)35)28-19(30)14(7)25-21(32)16(9-11(2)3)26-20(31)15(24)10-29/h11-18,29H,8-10,24H2,1-7H3,(H,25,32)(H,26,31)(H,27,33)(H,28,30)(H,34,35)/t13-,14-,15-,16-,17-,18-/m0/s1. The van der Waals surface area contributed by atoms with E-state index in [0.29, 0.717) is 6.42 Å². The molecule has 0 saturated carbocycles. The number of carboxylic acid groups (broad SMARTS) is 1. The highest BCUT2D eigenvalue weighted by atomic mass is 16.4. The molecule has 0 spiro atoms. The molecular weight excluding hydrogens is 458 g/mol. The molecule has 0 unspecified atom stereocenters. The maximum Gasteiger partial charge on any atom is 0.326 e. The van der Waals surface area contributed by atoms with Crippen LogP contribution in [0.2, 0.25) is 0 Å². The molecule has 0 heterocycles. The zero-order valence-electron chi connectivity index (χ0n) is 21.8. The summed E-state index contributed by atoms with van der Waals surface area (Å²) in [5.74, 6) is -4.41. The fourth-order valence-corrected chi connectivity index (χ4v) is 3.18. The number of aliphatic carboxylic acids is 1. The number of aliphatic hydroxyl groups is 1. The Bertz CT molecular complexity index is 744. The smallest absolute Gasteiger partial charge is 0.326 e.